The van der Waals surface area contributed by atoms with Crippen LogP contribution in [0.25, 0.3) is 0 Å². The Morgan fingerprint density at radius 1 is 1.29 bits per heavy atom. The molecule has 0 aromatic carbocycles. The molecule has 0 saturated carbocycles. The molecule has 0 aromatic heterocycles. The molecule has 0 aromatic rings. The predicted molar refractivity (Wildman–Crippen MR) is 90.3 cm³/mol. The minimum absolute atomic E-state index is 0.128. The summed E-state index contributed by atoms with van der Waals surface area (Å²) in [4.78, 5) is 21.7. The van der Waals surface area contributed by atoms with Crippen molar-refractivity contribution in [3.8, 4) is 0 Å². The standard InChI is InChI=1S/C16H28O7Si/c1-7-13(10-20-14(17)11(4)5)12(6)16(21-22-16)23-24-15(18-8-2)19-9-3/h7,12,15H,4,8-10,24H2,1-3,5-6H3. The third kappa shape index (κ3) is 6.12. The summed E-state index contributed by atoms with van der Waals surface area (Å²) in [7, 11) is -1.21. The van der Waals surface area contributed by atoms with Gasteiger partial charge in [-0.3, -0.25) is 0 Å². The molecule has 1 saturated heterocycles. The van der Waals surface area contributed by atoms with Gasteiger partial charge in [0.05, 0.1) is 5.92 Å². The van der Waals surface area contributed by atoms with Crippen LogP contribution in [-0.2, 0) is 33.2 Å². The lowest BCUT2D eigenvalue weighted by atomic mass is 10.00. The molecular weight excluding hydrogens is 332 g/mol. The second kappa shape index (κ2) is 10.1. The van der Waals surface area contributed by atoms with Crippen LogP contribution in [0.2, 0.25) is 0 Å². The quantitative estimate of drug-likeness (QED) is 0.0998. The second-order valence-electron chi connectivity index (χ2n) is 5.36. The maximum atomic E-state index is 11.5. The van der Waals surface area contributed by atoms with Crippen LogP contribution in [0.3, 0.4) is 0 Å². The van der Waals surface area contributed by atoms with Crippen LogP contribution < -0.4 is 0 Å². The molecule has 0 aliphatic carbocycles. The molecule has 0 spiro atoms. The number of ether oxygens (including phenoxy) is 3. The minimum Gasteiger partial charge on any atom is -0.458 e. The van der Waals surface area contributed by atoms with E-state index in [0.29, 0.717) is 18.8 Å². The van der Waals surface area contributed by atoms with Crippen molar-refractivity contribution in [1.29, 1.82) is 0 Å². The van der Waals surface area contributed by atoms with Gasteiger partial charge in [-0.05, 0) is 33.3 Å². The second-order valence-corrected chi connectivity index (χ2v) is 6.65. The smallest absolute Gasteiger partial charge is 0.337 e. The van der Waals surface area contributed by atoms with E-state index in [1.165, 1.54) is 0 Å². The molecule has 0 bridgehead atoms. The lowest BCUT2D eigenvalue weighted by molar-refractivity contribution is -0.138. The predicted octanol–water partition coefficient (Wildman–Crippen LogP) is 1.76. The lowest BCUT2D eigenvalue weighted by Gasteiger charge is -2.22. The van der Waals surface area contributed by atoms with Gasteiger partial charge in [0.25, 0.3) is 0 Å². The number of carbonyl (C=O) groups excluding carboxylic acids is 1. The van der Waals surface area contributed by atoms with Crippen LogP contribution in [0.1, 0.15) is 34.6 Å². The number of rotatable bonds is 12. The SMILES string of the molecule is C=C(C)C(=O)OCC(=CC)C(C)C1(O[SiH2]C(OCC)OCC)OO1. The molecule has 24 heavy (non-hydrogen) atoms. The molecule has 7 nitrogen and oxygen atoms in total. The molecule has 8 heteroatoms. The van der Waals surface area contributed by atoms with Crippen molar-refractivity contribution in [3.63, 3.8) is 0 Å². The first-order valence-corrected chi connectivity index (χ1v) is 9.51. The number of carbonyl (C=O) groups is 1. The summed E-state index contributed by atoms with van der Waals surface area (Å²) < 4.78 is 22.0. The normalized spacial score (nSPS) is 18.2. The van der Waals surface area contributed by atoms with E-state index in [-0.39, 0.29) is 18.4 Å². The van der Waals surface area contributed by atoms with Gasteiger partial charge in [0, 0.05) is 18.8 Å². The molecule has 0 amide bonds. The fraction of sp³-hybridized carbons (Fsp3) is 0.688. The van der Waals surface area contributed by atoms with Gasteiger partial charge in [-0.25, -0.2) is 4.79 Å². The minimum atomic E-state index is -1.21. The average molecular weight is 360 g/mol. The summed E-state index contributed by atoms with van der Waals surface area (Å²) >= 11 is 0. The molecular formula is C16H28O7Si. The van der Waals surface area contributed by atoms with E-state index in [0.717, 1.165) is 5.57 Å². The van der Waals surface area contributed by atoms with E-state index < -0.39 is 21.7 Å². The zero-order valence-corrected chi connectivity index (χ0v) is 16.5. The van der Waals surface area contributed by atoms with Crippen LogP contribution >= 0.6 is 0 Å². The summed E-state index contributed by atoms with van der Waals surface area (Å²) in [5.41, 5.74) is 1.19. The highest BCUT2D eigenvalue weighted by molar-refractivity contribution is 6.28. The van der Waals surface area contributed by atoms with Gasteiger partial charge in [0.1, 0.15) is 6.61 Å². The van der Waals surface area contributed by atoms with Crippen LogP contribution in [0.4, 0.5) is 0 Å². The van der Waals surface area contributed by atoms with Gasteiger partial charge in [-0.1, -0.05) is 19.6 Å². The highest BCUT2D eigenvalue weighted by atomic mass is 28.2. The first-order chi connectivity index (χ1) is 11.4. The Hall–Kier alpha value is -1.03. The van der Waals surface area contributed by atoms with Crippen molar-refractivity contribution < 1.29 is 33.2 Å². The molecule has 0 N–H and O–H groups in total. The van der Waals surface area contributed by atoms with Gasteiger partial charge >= 0.3 is 11.9 Å². The maximum absolute atomic E-state index is 11.5. The Morgan fingerprint density at radius 2 is 1.88 bits per heavy atom. The molecule has 1 aliphatic heterocycles. The van der Waals surface area contributed by atoms with Crippen molar-refractivity contribution in [2.24, 2.45) is 5.92 Å². The van der Waals surface area contributed by atoms with E-state index >= 15 is 0 Å². The maximum Gasteiger partial charge on any atom is 0.337 e. The molecule has 1 fully saturated rings. The zero-order chi connectivity index (χ0) is 18.2. The van der Waals surface area contributed by atoms with Crippen LogP contribution in [0.15, 0.2) is 23.8 Å². The van der Waals surface area contributed by atoms with Gasteiger partial charge in [0.2, 0.25) is 9.76 Å². The fourth-order valence-corrected chi connectivity index (χ4v) is 3.39. The van der Waals surface area contributed by atoms with Crippen LogP contribution in [-0.4, -0.2) is 47.4 Å². The monoisotopic (exact) mass is 360 g/mol. The molecule has 0 radical (unpaired) electrons. The zero-order valence-electron chi connectivity index (χ0n) is 15.1. The number of hydrogen-bond donors (Lipinski definition) is 0. The molecule has 1 atom stereocenters. The number of allylic oxidation sites excluding steroid dienone is 1. The third-order valence-corrected chi connectivity index (χ3v) is 4.86. The summed E-state index contributed by atoms with van der Waals surface area (Å²) in [5, 5.41) is 0. The van der Waals surface area contributed by atoms with Gasteiger partial charge in [-0.2, -0.15) is 9.78 Å². The van der Waals surface area contributed by atoms with Crippen LogP contribution in [0.5, 0.6) is 0 Å². The third-order valence-electron chi connectivity index (χ3n) is 3.55. The lowest BCUT2D eigenvalue weighted by Crippen LogP contribution is -2.36. The Kier molecular flexibility index (Phi) is 8.82. The largest absolute Gasteiger partial charge is 0.458 e. The first-order valence-electron chi connectivity index (χ1n) is 8.11. The summed E-state index contributed by atoms with van der Waals surface area (Å²) in [5.74, 6) is -2.17. The Morgan fingerprint density at radius 3 is 2.29 bits per heavy atom. The molecule has 1 aliphatic rings. The Bertz CT molecular complexity index is 453. The van der Waals surface area contributed by atoms with Crippen molar-refractivity contribution >= 4 is 15.7 Å². The average Bonchev–Trinajstić information content (AvgIpc) is 3.34. The number of esters is 1. The summed E-state index contributed by atoms with van der Waals surface area (Å²) in [6, 6.07) is 0. The van der Waals surface area contributed by atoms with Crippen molar-refractivity contribution in [2.45, 2.75) is 46.5 Å². The van der Waals surface area contributed by atoms with E-state index in [1.54, 1.807) is 6.92 Å². The van der Waals surface area contributed by atoms with E-state index in [4.69, 9.17) is 28.4 Å². The molecule has 138 valence electrons. The van der Waals surface area contributed by atoms with Crippen molar-refractivity contribution in [3.05, 3.63) is 23.8 Å². The highest BCUT2D eigenvalue weighted by Crippen LogP contribution is 2.42. The molecule has 1 heterocycles. The molecule has 1 rings (SSSR count). The molecule has 1 unspecified atom stereocenters. The van der Waals surface area contributed by atoms with E-state index in [2.05, 4.69) is 6.58 Å². The van der Waals surface area contributed by atoms with Gasteiger partial charge in [0.15, 0.2) is 5.91 Å². The van der Waals surface area contributed by atoms with Gasteiger partial charge in [-0.15, -0.1) is 0 Å². The highest BCUT2D eigenvalue weighted by Gasteiger charge is 2.57. The van der Waals surface area contributed by atoms with Crippen molar-refractivity contribution in [1.82, 2.24) is 0 Å². The first kappa shape index (κ1) is 21.0. The van der Waals surface area contributed by atoms with Crippen molar-refractivity contribution in [2.75, 3.05) is 19.8 Å². The number of hydrogen-bond acceptors (Lipinski definition) is 7. The fourth-order valence-electron chi connectivity index (χ4n) is 2.02. The summed E-state index contributed by atoms with van der Waals surface area (Å²) in [6.07, 6.45) is 1.86. The Balaban J connectivity index is 2.58. The Labute approximate surface area is 145 Å². The van der Waals surface area contributed by atoms with Crippen LogP contribution in [0, 0.1) is 5.92 Å². The summed E-state index contributed by atoms with van der Waals surface area (Å²) in [6.45, 7) is 13.9. The van der Waals surface area contributed by atoms with E-state index in [9.17, 15) is 4.79 Å². The van der Waals surface area contributed by atoms with Gasteiger partial charge < -0.3 is 18.6 Å². The topological polar surface area (TPSA) is 79.1 Å². The van der Waals surface area contributed by atoms with E-state index in [1.807, 2.05) is 33.8 Å².